The molecule has 1 aromatic carbocycles. The van der Waals surface area contributed by atoms with Gasteiger partial charge in [-0.15, -0.1) is 0 Å². The van der Waals surface area contributed by atoms with Gasteiger partial charge in [-0.3, -0.25) is 0 Å². The van der Waals surface area contributed by atoms with Crippen LogP contribution >= 0.6 is 0 Å². The zero-order chi connectivity index (χ0) is 20.9. The number of benzene rings is 1. The van der Waals surface area contributed by atoms with Gasteiger partial charge in [-0.25, -0.2) is 11.0 Å². The smallest absolute Gasteiger partial charge is 0.247 e. The first kappa shape index (κ1) is 25.7. The van der Waals surface area contributed by atoms with E-state index in [4.69, 9.17) is 11.3 Å². The van der Waals surface area contributed by atoms with Crippen LogP contribution in [-0.2, 0) is 37.4 Å². The molecule has 3 unspecified atom stereocenters. The third-order valence-electron chi connectivity index (χ3n) is 6.73. The molecule has 1 N–H and O–H groups in total. The molecule has 1 saturated carbocycles. The second kappa shape index (κ2) is 11.9. The molecule has 0 spiro atoms. The Morgan fingerprint density at radius 1 is 1.40 bits per heavy atom. The molecule has 1 aliphatic heterocycles. The Bertz CT molecular complexity index is 720. The molecule has 1 heterocycles. The molecule has 30 heavy (non-hydrogen) atoms. The van der Waals surface area contributed by atoms with Gasteiger partial charge in [-0.05, 0) is 43.0 Å². The molecule has 2 fully saturated rings. The van der Waals surface area contributed by atoms with Crippen LogP contribution in [0.15, 0.2) is 18.2 Å². The second-order valence-electron chi connectivity index (χ2n) is 8.64. The number of rotatable bonds is 10. The van der Waals surface area contributed by atoms with Crippen LogP contribution in [0.5, 0.6) is 0 Å². The van der Waals surface area contributed by atoms with Crippen molar-refractivity contribution in [1.82, 2.24) is 0 Å². The van der Waals surface area contributed by atoms with Crippen molar-refractivity contribution in [3.8, 4) is 0 Å². The first-order chi connectivity index (χ1) is 14.0. The van der Waals surface area contributed by atoms with Crippen LogP contribution in [0.4, 0.5) is 10.1 Å². The van der Waals surface area contributed by atoms with Crippen LogP contribution in [0, 0.1) is 24.7 Å². The number of unbranched alkanes of at least 4 members (excludes halogenated alkanes) is 1. The Hall–Kier alpha value is -0.536. The van der Waals surface area contributed by atoms with Crippen LogP contribution in [0.2, 0.25) is 0 Å². The van der Waals surface area contributed by atoms with E-state index < -0.39 is 6.10 Å². The van der Waals surface area contributed by atoms with Crippen molar-refractivity contribution in [2.24, 2.45) is 5.41 Å². The van der Waals surface area contributed by atoms with E-state index in [1.165, 1.54) is 12.1 Å². The normalized spacial score (nSPS) is 23.4. The van der Waals surface area contributed by atoms with Crippen molar-refractivity contribution in [1.29, 1.82) is 0 Å². The van der Waals surface area contributed by atoms with E-state index in [-0.39, 0.29) is 56.0 Å². The Morgan fingerprint density at radius 2 is 2.17 bits per heavy atom. The average molecular weight is 490 g/mol. The van der Waals surface area contributed by atoms with E-state index in [1.807, 2.05) is 6.07 Å². The summed E-state index contributed by atoms with van der Waals surface area (Å²) in [5.41, 5.74) is 1.30. The number of halogens is 1. The summed E-state index contributed by atoms with van der Waals surface area (Å²) in [4.78, 5) is 5.88. The molecular weight excluding hydrogens is 456 g/mol. The monoisotopic (exact) mass is 490 g/mol. The van der Waals surface area contributed by atoms with E-state index in [1.54, 1.807) is 0 Å². The van der Waals surface area contributed by atoms with E-state index >= 15 is 0 Å². The number of aliphatic hydroxyl groups excluding tert-OH is 1. The maximum atomic E-state index is 14.6. The zero-order valence-electron chi connectivity index (χ0n) is 18.2. The zero-order valence-corrected chi connectivity index (χ0v) is 21.0. The number of aliphatic hydroxyl groups is 1. The predicted octanol–water partition coefficient (Wildman–Crippen LogP) is 5.32. The average Bonchev–Trinajstić information content (AvgIpc) is 3.10. The SMILES string of the molecule is [C-]#[N+]C1CCN(c2cc(F)cc(C(O)C3(CCC)CCC3)c2)C1COCCC[CH2-].[Y]. The fourth-order valence-corrected chi connectivity index (χ4v) is 4.98. The number of anilines is 1. The molecular formula is C24H34FN2O2Y-. The molecule has 4 nitrogen and oxygen atoms in total. The Labute approximate surface area is 206 Å². The molecule has 163 valence electrons. The fourth-order valence-electron chi connectivity index (χ4n) is 4.98. The third kappa shape index (κ3) is 5.63. The van der Waals surface area contributed by atoms with Crippen molar-refractivity contribution in [2.75, 3.05) is 24.7 Å². The van der Waals surface area contributed by atoms with Crippen molar-refractivity contribution in [2.45, 2.75) is 76.5 Å². The summed E-state index contributed by atoms with van der Waals surface area (Å²) >= 11 is 0. The molecule has 2 aliphatic rings. The maximum Gasteiger partial charge on any atom is 0.247 e. The van der Waals surface area contributed by atoms with Gasteiger partial charge in [0.1, 0.15) is 11.9 Å². The van der Waals surface area contributed by atoms with Crippen LogP contribution < -0.4 is 4.90 Å². The molecule has 1 radical (unpaired) electrons. The Morgan fingerprint density at radius 3 is 2.77 bits per heavy atom. The standard InChI is InChI=1S/C24H34FN2O2.Y/c1-4-6-13-29-17-22-21(26-3)8-12-27(22)20-15-18(14-19(25)16-20)23(28)24(9-5-2)10-7-11-24;/h14-16,21-23,28H,1,4-13,17H2,2H3;/q-1;. The number of hydrogen-bond donors (Lipinski definition) is 1. The summed E-state index contributed by atoms with van der Waals surface area (Å²) < 4.78 is 20.4. The van der Waals surface area contributed by atoms with Gasteiger partial charge < -0.3 is 26.5 Å². The van der Waals surface area contributed by atoms with Crippen LogP contribution in [0.1, 0.15) is 70.0 Å². The van der Waals surface area contributed by atoms with E-state index in [0.29, 0.717) is 25.3 Å². The summed E-state index contributed by atoms with van der Waals surface area (Å²) in [6.45, 7) is 15.3. The first-order valence-corrected chi connectivity index (χ1v) is 11.0. The number of hydrogen-bond acceptors (Lipinski definition) is 3. The van der Waals surface area contributed by atoms with Crippen molar-refractivity contribution in [3.63, 3.8) is 0 Å². The molecule has 0 bridgehead atoms. The molecule has 0 aromatic heterocycles. The van der Waals surface area contributed by atoms with Gasteiger partial charge in [0.05, 0.1) is 12.7 Å². The Kier molecular flexibility index (Phi) is 10.2. The second-order valence-corrected chi connectivity index (χ2v) is 8.64. The minimum absolute atomic E-state index is 0. The van der Waals surface area contributed by atoms with Gasteiger partial charge in [-0.2, -0.15) is 6.42 Å². The summed E-state index contributed by atoms with van der Waals surface area (Å²) in [7, 11) is 0. The predicted molar refractivity (Wildman–Crippen MR) is 114 cm³/mol. The molecule has 1 aromatic rings. The van der Waals surface area contributed by atoms with Gasteiger partial charge in [0.15, 0.2) is 0 Å². The van der Waals surface area contributed by atoms with Crippen molar-refractivity contribution >= 4 is 5.69 Å². The van der Waals surface area contributed by atoms with E-state index in [9.17, 15) is 9.50 Å². The van der Waals surface area contributed by atoms with Gasteiger partial charge in [0.2, 0.25) is 6.04 Å². The first-order valence-electron chi connectivity index (χ1n) is 11.0. The van der Waals surface area contributed by atoms with Gasteiger partial charge in [-0.1, -0.05) is 26.2 Å². The molecule has 3 rings (SSSR count). The third-order valence-corrected chi connectivity index (χ3v) is 6.73. The van der Waals surface area contributed by atoms with Gasteiger partial charge in [0.25, 0.3) is 0 Å². The minimum atomic E-state index is -0.642. The largest absolute Gasteiger partial charge is 0.388 e. The molecule has 3 atom stereocenters. The minimum Gasteiger partial charge on any atom is -0.388 e. The summed E-state index contributed by atoms with van der Waals surface area (Å²) in [6, 6.07) is 4.70. The topological polar surface area (TPSA) is 37.1 Å². The summed E-state index contributed by atoms with van der Waals surface area (Å²) in [5.74, 6) is -0.328. The molecule has 1 saturated heterocycles. The van der Waals surface area contributed by atoms with Crippen molar-refractivity contribution in [3.05, 3.63) is 47.9 Å². The van der Waals surface area contributed by atoms with Gasteiger partial charge >= 0.3 is 0 Å². The van der Waals surface area contributed by atoms with E-state index in [2.05, 4.69) is 23.6 Å². The maximum absolute atomic E-state index is 14.6. The molecule has 0 amide bonds. The quantitative estimate of drug-likeness (QED) is 0.356. The number of nitrogens with zero attached hydrogens (tertiary/aromatic N) is 2. The van der Waals surface area contributed by atoms with Crippen LogP contribution in [0.3, 0.4) is 0 Å². The summed E-state index contributed by atoms with van der Waals surface area (Å²) in [5, 5.41) is 11.1. The number of ether oxygens (including phenoxy) is 1. The van der Waals surface area contributed by atoms with Crippen LogP contribution in [-0.4, -0.2) is 36.9 Å². The van der Waals surface area contributed by atoms with Gasteiger partial charge in [0, 0.05) is 63.4 Å². The van der Waals surface area contributed by atoms with Crippen LogP contribution in [0.25, 0.3) is 4.85 Å². The van der Waals surface area contributed by atoms with Crippen molar-refractivity contribution < 1.29 is 46.9 Å². The summed E-state index contributed by atoms with van der Waals surface area (Å²) in [6.07, 6.45) is 6.94. The molecule has 1 aliphatic carbocycles. The fraction of sp³-hybridized carbons (Fsp3) is 0.667. The van der Waals surface area contributed by atoms with E-state index in [0.717, 1.165) is 57.1 Å². The molecule has 6 heteroatoms. The Balaban J connectivity index is 0.00000320.